The number of anilines is 4. The molecular formula is C27H35N7O. The van der Waals surface area contributed by atoms with Crippen LogP contribution in [0.4, 0.5) is 23.0 Å². The fraction of sp³-hybridized carbons (Fsp3) is 0.407. The van der Waals surface area contributed by atoms with Gasteiger partial charge in [0, 0.05) is 49.2 Å². The van der Waals surface area contributed by atoms with Crippen LogP contribution in [0.3, 0.4) is 0 Å². The van der Waals surface area contributed by atoms with Gasteiger partial charge in [-0.05, 0) is 56.4 Å². The van der Waals surface area contributed by atoms with Crippen LogP contribution in [0.25, 0.3) is 11.3 Å². The normalized spacial score (nSPS) is 17.9. The molecule has 0 bridgehead atoms. The zero-order chi connectivity index (χ0) is 24.2. The Hall–Kier alpha value is -3.20. The molecule has 8 nitrogen and oxygen atoms in total. The highest BCUT2D eigenvalue weighted by Crippen LogP contribution is 2.34. The van der Waals surface area contributed by atoms with Crippen molar-refractivity contribution < 1.29 is 5.11 Å². The number of nitrogens with one attached hydrogen (secondary N) is 1. The smallest absolute Gasteiger partial charge is 0.158 e. The molecule has 0 saturated carbocycles. The summed E-state index contributed by atoms with van der Waals surface area (Å²) in [6.45, 7) is 3.82. The molecule has 5 rings (SSSR count). The van der Waals surface area contributed by atoms with Crippen molar-refractivity contribution in [2.75, 3.05) is 41.3 Å². The van der Waals surface area contributed by atoms with E-state index in [1.165, 1.54) is 12.1 Å². The van der Waals surface area contributed by atoms with Gasteiger partial charge in [0.1, 0.15) is 17.6 Å². The van der Waals surface area contributed by atoms with Gasteiger partial charge in [0.15, 0.2) is 11.6 Å². The first kappa shape index (κ1) is 23.5. The third-order valence-corrected chi connectivity index (χ3v) is 6.92. The average Bonchev–Trinajstić information content (AvgIpc) is 2.90. The maximum absolute atomic E-state index is 10.4. The maximum atomic E-state index is 10.4. The number of nitrogens with zero attached hydrogens (tertiary/aromatic N) is 4. The zero-order valence-corrected chi connectivity index (χ0v) is 20.1. The molecule has 1 unspecified atom stereocenters. The SMILES string of the molecule is NC1CCN(c2ccc(Nc3nc(N4CCCCC4)c(-c4ccccc4)nc3C(N)O)cc2)CC1. The molecule has 6 N–H and O–H groups in total. The first-order valence-electron chi connectivity index (χ1n) is 12.6. The van der Waals surface area contributed by atoms with Crippen LogP contribution in [0.15, 0.2) is 54.6 Å². The van der Waals surface area contributed by atoms with Gasteiger partial charge in [-0.15, -0.1) is 0 Å². The Kier molecular flexibility index (Phi) is 7.13. The molecule has 184 valence electrons. The highest BCUT2D eigenvalue weighted by Gasteiger charge is 2.24. The van der Waals surface area contributed by atoms with Crippen molar-refractivity contribution in [3.8, 4) is 11.3 Å². The topological polar surface area (TPSA) is 117 Å². The Morgan fingerprint density at radius 3 is 2.20 bits per heavy atom. The van der Waals surface area contributed by atoms with Gasteiger partial charge in [-0.2, -0.15) is 0 Å². The Labute approximate surface area is 207 Å². The summed E-state index contributed by atoms with van der Waals surface area (Å²) in [5, 5.41) is 13.8. The Morgan fingerprint density at radius 2 is 1.54 bits per heavy atom. The van der Waals surface area contributed by atoms with E-state index >= 15 is 0 Å². The summed E-state index contributed by atoms with van der Waals surface area (Å²) in [6.07, 6.45) is 4.26. The number of hydrogen-bond donors (Lipinski definition) is 4. The predicted molar refractivity (Wildman–Crippen MR) is 142 cm³/mol. The van der Waals surface area contributed by atoms with E-state index in [1.807, 2.05) is 42.5 Å². The van der Waals surface area contributed by atoms with Crippen molar-refractivity contribution in [2.24, 2.45) is 11.5 Å². The minimum Gasteiger partial charge on any atom is -0.373 e. The second kappa shape index (κ2) is 10.6. The van der Waals surface area contributed by atoms with E-state index in [1.54, 1.807) is 0 Å². The molecule has 0 spiro atoms. The van der Waals surface area contributed by atoms with Crippen molar-refractivity contribution >= 4 is 23.0 Å². The number of aromatic nitrogens is 2. The molecule has 3 aromatic rings. The van der Waals surface area contributed by atoms with Crippen molar-refractivity contribution in [3.05, 3.63) is 60.3 Å². The predicted octanol–water partition coefficient (Wildman–Crippen LogP) is 3.75. The second-order valence-corrected chi connectivity index (χ2v) is 9.48. The number of aliphatic hydroxyl groups is 1. The highest BCUT2D eigenvalue weighted by atomic mass is 16.3. The van der Waals surface area contributed by atoms with Crippen LogP contribution in [0.2, 0.25) is 0 Å². The molecule has 2 saturated heterocycles. The number of nitrogens with two attached hydrogens (primary N) is 2. The fourth-order valence-corrected chi connectivity index (χ4v) is 4.90. The van der Waals surface area contributed by atoms with Crippen LogP contribution in [-0.4, -0.2) is 47.3 Å². The minimum atomic E-state index is -1.25. The monoisotopic (exact) mass is 473 g/mol. The quantitative estimate of drug-likeness (QED) is 0.400. The van der Waals surface area contributed by atoms with E-state index in [4.69, 9.17) is 21.4 Å². The first-order valence-corrected chi connectivity index (χ1v) is 12.6. The summed E-state index contributed by atoms with van der Waals surface area (Å²) in [6, 6.07) is 18.6. The Balaban J connectivity index is 1.47. The number of benzene rings is 2. The van der Waals surface area contributed by atoms with E-state index in [2.05, 4.69) is 27.2 Å². The van der Waals surface area contributed by atoms with E-state index in [0.717, 1.165) is 74.6 Å². The van der Waals surface area contributed by atoms with Crippen LogP contribution in [0.1, 0.15) is 44.0 Å². The van der Waals surface area contributed by atoms with Crippen molar-refractivity contribution in [3.63, 3.8) is 0 Å². The molecule has 2 aliphatic heterocycles. The summed E-state index contributed by atoms with van der Waals surface area (Å²) in [7, 11) is 0. The zero-order valence-electron chi connectivity index (χ0n) is 20.1. The van der Waals surface area contributed by atoms with Crippen molar-refractivity contribution in [2.45, 2.75) is 44.4 Å². The number of piperidine rings is 2. The first-order chi connectivity index (χ1) is 17.1. The van der Waals surface area contributed by atoms with Crippen molar-refractivity contribution in [1.82, 2.24) is 9.97 Å². The van der Waals surface area contributed by atoms with E-state index in [0.29, 0.717) is 17.6 Å². The number of aliphatic hydroxyl groups excluding tert-OH is 1. The molecule has 0 amide bonds. The number of rotatable bonds is 6. The summed E-state index contributed by atoms with van der Waals surface area (Å²) < 4.78 is 0. The van der Waals surface area contributed by atoms with Crippen molar-refractivity contribution in [1.29, 1.82) is 0 Å². The van der Waals surface area contributed by atoms with Crippen LogP contribution >= 0.6 is 0 Å². The molecule has 1 atom stereocenters. The molecular weight excluding hydrogens is 438 g/mol. The number of hydrogen-bond acceptors (Lipinski definition) is 8. The van der Waals surface area contributed by atoms with E-state index in [-0.39, 0.29) is 0 Å². The van der Waals surface area contributed by atoms with Gasteiger partial charge in [0.05, 0.1) is 0 Å². The van der Waals surface area contributed by atoms with E-state index < -0.39 is 6.23 Å². The maximum Gasteiger partial charge on any atom is 0.158 e. The van der Waals surface area contributed by atoms with Gasteiger partial charge in [-0.1, -0.05) is 30.3 Å². The molecule has 0 aliphatic carbocycles. The average molecular weight is 474 g/mol. The highest BCUT2D eigenvalue weighted by molar-refractivity contribution is 5.75. The van der Waals surface area contributed by atoms with Crippen LogP contribution in [-0.2, 0) is 0 Å². The molecule has 2 aromatic carbocycles. The molecule has 3 heterocycles. The van der Waals surface area contributed by atoms with Gasteiger partial charge < -0.3 is 31.7 Å². The van der Waals surface area contributed by atoms with Gasteiger partial charge in [-0.25, -0.2) is 9.97 Å². The lowest BCUT2D eigenvalue weighted by molar-refractivity contribution is 0.182. The Morgan fingerprint density at radius 1 is 0.857 bits per heavy atom. The lowest BCUT2D eigenvalue weighted by Gasteiger charge is -2.32. The molecule has 0 radical (unpaired) electrons. The van der Waals surface area contributed by atoms with E-state index in [9.17, 15) is 5.11 Å². The lowest BCUT2D eigenvalue weighted by atomic mass is 10.1. The molecule has 35 heavy (non-hydrogen) atoms. The van der Waals surface area contributed by atoms with Gasteiger partial charge >= 0.3 is 0 Å². The van der Waals surface area contributed by atoms with Gasteiger partial charge in [0.25, 0.3) is 0 Å². The fourth-order valence-electron chi connectivity index (χ4n) is 4.90. The standard InChI is InChI=1S/C27H35N7O/c28-20-13-17-33(18-14-20)22-11-9-21(10-12-22)30-26-24(25(29)35)31-23(19-7-3-1-4-8-19)27(32-26)34-15-5-2-6-16-34/h1,3-4,7-12,20,25,35H,2,5-6,13-18,28-29H2,(H,30,32). The summed E-state index contributed by atoms with van der Waals surface area (Å²) in [5.41, 5.74) is 16.1. The third kappa shape index (κ3) is 5.40. The van der Waals surface area contributed by atoms with Crippen LogP contribution in [0.5, 0.6) is 0 Å². The molecule has 2 fully saturated rings. The molecule has 8 heteroatoms. The molecule has 1 aromatic heterocycles. The third-order valence-electron chi connectivity index (χ3n) is 6.92. The lowest BCUT2D eigenvalue weighted by Crippen LogP contribution is -2.39. The van der Waals surface area contributed by atoms with Crippen LogP contribution < -0.4 is 26.6 Å². The van der Waals surface area contributed by atoms with Crippen LogP contribution in [0, 0.1) is 0 Å². The van der Waals surface area contributed by atoms with Gasteiger partial charge in [0.2, 0.25) is 0 Å². The Bertz CT molecular complexity index is 1110. The van der Waals surface area contributed by atoms with Gasteiger partial charge in [-0.3, -0.25) is 0 Å². The summed E-state index contributed by atoms with van der Waals surface area (Å²) >= 11 is 0. The summed E-state index contributed by atoms with van der Waals surface area (Å²) in [4.78, 5) is 14.5. The second-order valence-electron chi connectivity index (χ2n) is 9.48. The minimum absolute atomic E-state index is 0.305. The largest absolute Gasteiger partial charge is 0.373 e. The summed E-state index contributed by atoms with van der Waals surface area (Å²) in [5.74, 6) is 1.31. The molecule has 2 aliphatic rings.